The summed E-state index contributed by atoms with van der Waals surface area (Å²) < 4.78 is 10.8. The molecular weight excluding hydrogens is 388 g/mol. The second-order valence-corrected chi connectivity index (χ2v) is 7.14. The normalized spacial score (nSPS) is 44.8. The standard InChI is InChI=1S/C12H20N6O8S/c13-17-15-5-7(21)3(1-19)25-11(9(5)23)27-12-10(24)6(16-18-14)8(22)4(2-20)26-12/h3-12,19-24H,1-2H2/t3-,4?,5?,6?,7?,8+,9-,10+,11?,12+/m1/s1. The van der Waals surface area contributed by atoms with E-state index in [4.69, 9.17) is 20.5 Å². The van der Waals surface area contributed by atoms with Crippen molar-refractivity contribution in [1.29, 1.82) is 0 Å². The average molecular weight is 408 g/mol. The Morgan fingerprint density at radius 3 is 1.41 bits per heavy atom. The predicted octanol–water partition coefficient (Wildman–Crippen LogP) is -2.04. The van der Waals surface area contributed by atoms with Gasteiger partial charge in [0, 0.05) is 9.82 Å². The van der Waals surface area contributed by atoms with Crippen LogP contribution < -0.4 is 0 Å². The number of thioether (sulfide) groups is 1. The van der Waals surface area contributed by atoms with Crippen molar-refractivity contribution in [2.24, 2.45) is 10.2 Å². The van der Waals surface area contributed by atoms with Crippen LogP contribution in [-0.2, 0) is 9.47 Å². The van der Waals surface area contributed by atoms with E-state index in [2.05, 4.69) is 20.1 Å². The summed E-state index contributed by atoms with van der Waals surface area (Å²) in [6, 6.07) is -2.66. The van der Waals surface area contributed by atoms with E-state index in [1.54, 1.807) is 0 Å². The zero-order chi connectivity index (χ0) is 20.1. The third kappa shape index (κ3) is 4.56. The minimum Gasteiger partial charge on any atom is -0.394 e. The topological polar surface area (TPSA) is 237 Å². The monoisotopic (exact) mass is 408 g/mol. The molecule has 0 saturated carbocycles. The molecular formula is C12H20N6O8S. The van der Waals surface area contributed by atoms with Gasteiger partial charge in [-0.3, -0.25) is 0 Å². The van der Waals surface area contributed by atoms with Crippen LogP contribution in [0.1, 0.15) is 0 Å². The summed E-state index contributed by atoms with van der Waals surface area (Å²) in [6.07, 6.45) is -8.30. The van der Waals surface area contributed by atoms with Crippen molar-refractivity contribution in [2.75, 3.05) is 13.2 Å². The number of azide groups is 2. The minimum absolute atomic E-state index is 0.629. The Bertz CT molecular complexity index is 554. The third-order valence-corrected chi connectivity index (χ3v) is 5.65. The molecule has 0 aromatic rings. The van der Waals surface area contributed by atoms with Crippen molar-refractivity contribution in [3.05, 3.63) is 20.9 Å². The van der Waals surface area contributed by atoms with Gasteiger partial charge in [-0.2, -0.15) is 0 Å². The van der Waals surface area contributed by atoms with Crippen LogP contribution in [-0.4, -0.2) is 103 Å². The smallest absolute Gasteiger partial charge is 0.132 e. The second kappa shape index (κ2) is 9.73. The summed E-state index contributed by atoms with van der Waals surface area (Å²) in [4.78, 5) is 5.11. The summed E-state index contributed by atoms with van der Waals surface area (Å²) >= 11 is 0.704. The Morgan fingerprint density at radius 1 is 0.741 bits per heavy atom. The number of hydrogen-bond donors (Lipinski definition) is 6. The zero-order valence-electron chi connectivity index (χ0n) is 13.8. The lowest BCUT2D eigenvalue weighted by atomic mass is 9.98. The summed E-state index contributed by atoms with van der Waals surface area (Å²) in [5, 5.41) is 66.0. The fraction of sp³-hybridized carbons (Fsp3) is 1.00. The van der Waals surface area contributed by atoms with Crippen molar-refractivity contribution in [3.63, 3.8) is 0 Å². The Labute approximate surface area is 156 Å². The van der Waals surface area contributed by atoms with E-state index < -0.39 is 72.8 Å². The van der Waals surface area contributed by atoms with E-state index in [1.165, 1.54) is 0 Å². The Balaban J connectivity index is 2.21. The van der Waals surface area contributed by atoms with Gasteiger partial charge >= 0.3 is 0 Å². The molecule has 2 fully saturated rings. The molecule has 0 aliphatic carbocycles. The first-order valence-electron chi connectivity index (χ1n) is 7.88. The largest absolute Gasteiger partial charge is 0.394 e. The van der Waals surface area contributed by atoms with Crippen molar-refractivity contribution < 1.29 is 40.1 Å². The highest BCUT2D eigenvalue weighted by molar-refractivity contribution is 8.00. The molecule has 0 amide bonds. The summed E-state index contributed by atoms with van der Waals surface area (Å²) in [5.74, 6) is 0. The van der Waals surface area contributed by atoms with Gasteiger partial charge in [-0.25, -0.2) is 0 Å². The maximum Gasteiger partial charge on any atom is 0.132 e. The Morgan fingerprint density at radius 2 is 1.11 bits per heavy atom. The van der Waals surface area contributed by atoms with Gasteiger partial charge in [0.2, 0.25) is 0 Å². The molecule has 2 saturated heterocycles. The molecule has 14 nitrogen and oxygen atoms in total. The molecule has 6 N–H and O–H groups in total. The molecule has 2 heterocycles. The number of hydrogen-bond acceptors (Lipinski definition) is 11. The predicted molar refractivity (Wildman–Crippen MR) is 89.0 cm³/mol. The van der Waals surface area contributed by atoms with E-state index in [0.29, 0.717) is 11.8 Å². The molecule has 2 aliphatic rings. The summed E-state index contributed by atoms with van der Waals surface area (Å²) in [7, 11) is 0. The lowest BCUT2D eigenvalue weighted by molar-refractivity contribution is -0.170. The molecule has 27 heavy (non-hydrogen) atoms. The molecule has 2 rings (SSSR count). The van der Waals surface area contributed by atoms with Crippen LogP contribution in [0.25, 0.3) is 20.9 Å². The highest BCUT2D eigenvalue weighted by atomic mass is 32.2. The van der Waals surface area contributed by atoms with E-state index in [1.807, 2.05) is 0 Å². The third-order valence-electron chi connectivity index (χ3n) is 4.34. The Hall–Kier alpha value is -1.35. The van der Waals surface area contributed by atoms with Gasteiger partial charge < -0.3 is 40.1 Å². The zero-order valence-corrected chi connectivity index (χ0v) is 14.6. The quantitative estimate of drug-likeness (QED) is 0.161. The molecule has 5 unspecified atom stereocenters. The van der Waals surface area contributed by atoms with E-state index in [9.17, 15) is 30.6 Å². The van der Waals surface area contributed by atoms with E-state index >= 15 is 0 Å². The molecule has 0 bridgehead atoms. The lowest BCUT2D eigenvalue weighted by Gasteiger charge is -2.44. The summed E-state index contributed by atoms with van der Waals surface area (Å²) in [5.41, 5.74) is 14.8. The second-order valence-electron chi connectivity index (χ2n) is 5.94. The van der Waals surface area contributed by atoms with Gasteiger partial charge in [-0.15, -0.1) is 0 Å². The van der Waals surface area contributed by atoms with E-state index in [-0.39, 0.29) is 0 Å². The SMILES string of the molecule is [N-]=[N+]=NC1C(O)[C@@H](CO)OC(S[C@@H]2OC(CO)[C@H](O)C(N=[N+]=[N-])[C@@H]2O)[C@@H]1O. The van der Waals surface area contributed by atoms with Crippen LogP contribution in [0.2, 0.25) is 0 Å². The van der Waals surface area contributed by atoms with Gasteiger partial charge in [0.25, 0.3) is 0 Å². The summed E-state index contributed by atoms with van der Waals surface area (Å²) in [6.45, 7) is -1.26. The molecule has 10 atom stereocenters. The highest BCUT2D eigenvalue weighted by Gasteiger charge is 2.49. The van der Waals surface area contributed by atoms with Gasteiger partial charge in [0.15, 0.2) is 0 Å². The molecule has 2 aliphatic heterocycles. The van der Waals surface area contributed by atoms with Gasteiger partial charge in [-0.05, 0) is 11.1 Å². The molecule has 0 radical (unpaired) electrons. The number of aliphatic hydroxyl groups is 6. The van der Waals surface area contributed by atoms with Crippen molar-refractivity contribution in [2.45, 2.75) is 59.6 Å². The average Bonchev–Trinajstić information content (AvgIpc) is 2.66. The van der Waals surface area contributed by atoms with Crippen molar-refractivity contribution in [1.82, 2.24) is 0 Å². The number of nitrogens with zero attached hydrogens (tertiary/aromatic N) is 6. The fourth-order valence-corrected chi connectivity index (χ4v) is 4.21. The van der Waals surface area contributed by atoms with Crippen LogP contribution in [0.3, 0.4) is 0 Å². The molecule has 15 heteroatoms. The fourth-order valence-electron chi connectivity index (χ4n) is 2.88. The molecule has 0 aromatic heterocycles. The number of aliphatic hydroxyl groups excluding tert-OH is 6. The van der Waals surface area contributed by atoms with Gasteiger partial charge in [0.05, 0.1) is 37.5 Å². The van der Waals surface area contributed by atoms with Crippen LogP contribution in [0, 0.1) is 0 Å². The highest BCUT2D eigenvalue weighted by Crippen LogP contribution is 2.37. The first kappa shape index (κ1) is 21.9. The maximum absolute atomic E-state index is 10.3. The van der Waals surface area contributed by atoms with Crippen LogP contribution >= 0.6 is 11.8 Å². The number of rotatable bonds is 6. The van der Waals surface area contributed by atoms with Crippen molar-refractivity contribution in [3.8, 4) is 0 Å². The van der Waals surface area contributed by atoms with Gasteiger partial charge in [-0.1, -0.05) is 22.0 Å². The van der Waals surface area contributed by atoms with Crippen LogP contribution in [0.4, 0.5) is 0 Å². The van der Waals surface area contributed by atoms with Crippen LogP contribution in [0.15, 0.2) is 10.2 Å². The molecule has 0 spiro atoms. The molecule has 152 valence electrons. The molecule has 0 aromatic carbocycles. The van der Waals surface area contributed by atoms with E-state index in [0.717, 1.165) is 0 Å². The van der Waals surface area contributed by atoms with Gasteiger partial charge in [0.1, 0.15) is 35.3 Å². The Kier molecular flexibility index (Phi) is 7.91. The maximum atomic E-state index is 10.3. The minimum atomic E-state index is -1.52. The lowest BCUT2D eigenvalue weighted by Crippen LogP contribution is -2.60. The van der Waals surface area contributed by atoms with Crippen molar-refractivity contribution >= 4 is 11.8 Å². The first-order valence-corrected chi connectivity index (χ1v) is 8.82. The number of ether oxygens (including phenoxy) is 2. The van der Waals surface area contributed by atoms with Crippen LogP contribution in [0.5, 0.6) is 0 Å². The first-order chi connectivity index (χ1) is 12.9.